The van der Waals surface area contributed by atoms with Crippen molar-refractivity contribution in [3.63, 3.8) is 0 Å². The van der Waals surface area contributed by atoms with Gasteiger partial charge in [0.25, 0.3) is 0 Å². The Hall–Kier alpha value is -4.38. The largest absolute Gasteiger partial charge is 1.00 e. The Labute approximate surface area is 550 Å². The fourth-order valence-electron chi connectivity index (χ4n) is 8.96. The number of aryl methyl sites for hydroxylation is 4. The normalized spacial score (nSPS) is 10.1. The molecule has 0 atom stereocenters. The molecule has 8 aliphatic rings. The van der Waals surface area contributed by atoms with E-state index in [1.807, 2.05) is 48.5 Å². The van der Waals surface area contributed by atoms with Crippen LogP contribution in [0.3, 0.4) is 0 Å². The Morgan fingerprint density at radius 3 is 0.598 bits per heavy atom. The number of benzene rings is 4. The third-order valence-electron chi connectivity index (χ3n) is 12.3. The number of rotatable bonds is 4. The van der Waals surface area contributed by atoms with Gasteiger partial charge < -0.3 is 24.8 Å². The summed E-state index contributed by atoms with van der Waals surface area (Å²) in [5.74, 6) is 0. The molecule has 0 N–H and O–H groups in total. The summed E-state index contributed by atoms with van der Waals surface area (Å²) < 4.78 is 0. The van der Waals surface area contributed by atoms with Crippen LogP contribution in [0.1, 0.15) is 22.3 Å². The zero-order valence-electron chi connectivity index (χ0n) is 47.1. The number of hydrogen-bond acceptors (Lipinski definition) is 0. The van der Waals surface area contributed by atoms with Crippen molar-refractivity contribution in [2.75, 3.05) is 0 Å². The summed E-state index contributed by atoms with van der Waals surface area (Å²) in [7, 11) is 0. The monoisotopic (exact) mass is 1370 g/mol. The zero-order valence-corrected chi connectivity index (χ0v) is 58.5. The van der Waals surface area contributed by atoms with Gasteiger partial charge in [-0.05, 0) is 70.8 Å². The smallest absolute Gasteiger partial charge is 0.0406 e. The molecular weight excluding hydrogens is 1320 g/mol. The quantitative estimate of drug-likeness (QED) is 0.122. The van der Waals surface area contributed by atoms with E-state index in [2.05, 4.69) is 248 Å². The first-order chi connectivity index (χ1) is 38.4. The van der Waals surface area contributed by atoms with Crippen LogP contribution in [-0.4, -0.2) is 10.9 Å². The van der Waals surface area contributed by atoms with E-state index in [0.29, 0.717) is 0 Å². The molecule has 0 radical (unpaired) electrons. The molecule has 0 fully saturated rings. The minimum absolute atomic E-state index is 0. The van der Waals surface area contributed by atoms with Crippen molar-refractivity contribution >= 4 is 57.3 Å². The molecule has 408 valence electrons. The topological polar surface area (TPSA) is 0 Å². The average molecular weight is 1380 g/mol. The molecule has 4 aromatic carbocycles. The van der Waals surface area contributed by atoms with Crippen molar-refractivity contribution in [2.24, 2.45) is 0 Å². The van der Waals surface area contributed by atoms with Crippen LogP contribution in [0.5, 0.6) is 0 Å². The predicted molar refractivity (Wildman–Crippen MR) is 343 cm³/mol. The van der Waals surface area contributed by atoms with Crippen LogP contribution in [0.15, 0.2) is 218 Å². The van der Waals surface area contributed by atoms with E-state index in [0.717, 1.165) is 42.3 Å². The van der Waals surface area contributed by atoms with Gasteiger partial charge in [0, 0.05) is 20.1 Å². The van der Waals surface area contributed by atoms with Crippen molar-refractivity contribution in [3.05, 3.63) is 285 Å². The fourth-order valence-corrected chi connectivity index (χ4v) is 9.46. The van der Waals surface area contributed by atoms with Gasteiger partial charge >= 0.3 is 83.7 Å². The Kier molecular flexibility index (Phi) is 28.3. The van der Waals surface area contributed by atoms with Gasteiger partial charge in [-0.2, -0.15) is 46.5 Å². The Bertz CT molecular complexity index is 3320. The average Bonchev–Trinajstić information content (AvgIpc) is 4.07. The summed E-state index contributed by atoms with van der Waals surface area (Å²) in [6.45, 7) is 17.5. The molecule has 0 spiro atoms. The molecule has 0 aliphatic heterocycles. The van der Waals surface area contributed by atoms with Gasteiger partial charge in [0.15, 0.2) is 0 Å². The van der Waals surface area contributed by atoms with Crippen molar-refractivity contribution in [1.29, 1.82) is 0 Å². The van der Waals surface area contributed by atoms with E-state index in [-0.39, 0.29) is 35.7 Å². The molecule has 0 amide bonds. The van der Waals surface area contributed by atoms with Crippen LogP contribution in [0.4, 0.5) is 0 Å². The van der Waals surface area contributed by atoms with E-state index in [1.54, 1.807) is 46.7 Å². The number of fused-ring (bicyclic) bond motifs is 4. The van der Waals surface area contributed by atoms with Gasteiger partial charge in [-0.15, -0.1) is 117 Å². The molecule has 0 bridgehead atoms. The molecule has 0 saturated carbocycles. The van der Waals surface area contributed by atoms with Gasteiger partial charge in [0.05, 0.1) is 0 Å². The molecular formula is C72H60Cl6Si2Zr2-2. The second-order valence-corrected chi connectivity index (χ2v) is 40.2. The summed E-state index contributed by atoms with van der Waals surface area (Å²) in [4.78, 5) is 0. The van der Waals surface area contributed by atoms with Crippen LogP contribution < -0.4 is 24.8 Å². The second-order valence-electron chi connectivity index (χ2n) is 19.7. The Balaban J connectivity index is 0.000000190. The van der Waals surface area contributed by atoms with Crippen LogP contribution >= 0.6 is 46.4 Å². The minimum Gasteiger partial charge on any atom is -1.00 e. The van der Waals surface area contributed by atoms with Crippen molar-refractivity contribution in [2.45, 2.75) is 53.9 Å². The van der Waals surface area contributed by atoms with Crippen molar-refractivity contribution in [3.8, 4) is 89.0 Å². The first-order valence-electron chi connectivity index (χ1n) is 26.2. The summed E-state index contributed by atoms with van der Waals surface area (Å²) in [6, 6.07) is 87.5. The number of halogens is 6. The van der Waals surface area contributed by atoms with Crippen molar-refractivity contribution < 1.29 is 71.5 Å². The minimum atomic E-state index is 0. The summed E-state index contributed by atoms with van der Waals surface area (Å²) in [5.41, 5.74) is 24.3. The van der Waals surface area contributed by atoms with Crippen LogP contribution in [0.2, 0.25) is 46.3 Å². The Morgan fingerprint density at radius 1 is 0.268 bits per heavy atom. The van der Waals surface area contributed by atoms with Gasteiger partial charge in [0.1, 0.15) is 0 Å². The standard InChI is InChI=1S/4C17H12Cl.2C2H6Si.2ClH.2Zr/c4*1-12-10-14-4-2-3-5-16(17(14)11-12)13-6-8-15(18)9-7-13;2*1-3-2;;;;/h4*2-9,11H,1H3;2*1-2H3;2*1H;;/q4*-1;;;;;2*+2/p-2. The predicted octanol–water partition coefficient (Wildman–Crippen LogP) is 16.5. The van der Waals surface area contributed by atoms with Crippen LogP contribution in [0, 0.1) is 52.0 Å². The summed E-state index contributed by atoms with van der Waals surface area (Å²) in [6.07, 6.45) is 0. The fraction of sp³-hybridized carbons (Fsp3) is 0.111. The first-order valence-corrected chi connectivity index (χ1v) is 40.0. The molecule has 0 unspecified atom stereocenters. The van der Waals surface area contributed by atoms with E-state index < -0.39 is 0 Å². The van der Waals surface area contributed by atoms with Gasteiger partial charge in [-0.25, -0.2) is 0 Å². The zero-order chi connectivity index (χ0) is 57.3. The van der Waals surface area contributed by atoms with E-state index in [4.69, 9.17) is 46.4 Å². The molecule has 0 saturated heterocycles. The van der Waals surface area contributed by atoms with E-state index in [1.165, 1.54) is 89.0 Å². The van der Waals surface area contributed by atoms with Gasteiger partial charge in [-0.3, -0.25) is 0 Å². The second kappa shape index (κ2) is 33.9. The third-order valence-corrected chi connectivity index (χ3v) is 13.3. The molecule has 0 aromatic heterocycles. The maximum Gasteiger partial charge on any atom is 0.0406 e. The van der Waals surface area contributed by atoms with Gasteiger partial charge in [-0.1, -0.05) is 193 Å². The van der Waals surface area contributed by atoms with Crippen LogP contribution in [0.25, 0.3) is 89.0 Å². The third kappa shape index (κ3) is 20.4. The first kappa shape index (κ1) is 68.4. The molecule has 4 aromatic rings. The molecule has 12 rings (SSSR count). The number of hydrogen-bond donors (Lipinski definition) is 0. The van der Waals surface area contributed by atoms with E-state index in [9.17, 15) is 0 Å². The maximum absolute atomic E-state index is 5.94. The van der Waals surface area contributed by atoms with Crippen molar-refractivity contribution in [1.82, 2.24) is 0 Å². The SMILES string of the molecule is C[Si](C)=[Zr+2].C[Si](C)=[Zr+2].Cc1[c-]c2ccccc(-c3ccc(Cl)cc3)c-2c1.Cc1[c-]c2ccccc(-c3ccc(Cl)cc3)c-2c1.Cc1[c-]c2ccccc(-c3ccc(Cl)cc3)c-2c1.Cc1[c-]c2ccccc(-c3ccc(Cl)cc3)c-2c1.[Cl-].[Cl-]. The molecule has 82 heavy (non-hydrogen) atoms. The Morgan fingerprint density at radius 2 is 0.427 bits per heavy atom. The molecule has 0 nitrogen and oxygen atoms in total. The molecule has 8 aliphatic carbocycles. The summed E-state index contributed by atoms with van der Waals surface area (Å²) >= 11 is 27.2. The molecule has 10 heteroatoms. The molecule has 0 heterocycles. The van der Waals surface area contributed by atoms with Gasteiger partial charge in [0.2, 0.25) is 0 Å². The summed E-state index contributed by atoms with van der Waals surface area (Å²) in [5, 5.41) is 3.06. The maximum atomic E-state index is 5.94. The van der Waals surface area contributed by atoms with E-state index >= 15 is 0 Å². The van der Waals surface area contributed by atoms with Crippen LogP contribution in [-0.2, 0) is 46.7 Å².